The molecular weight excluding hydrogens is 257 g/mol. The molecule has 0 spiro atoms. The van der Waals surface area contributed by atoms with Crippen LogP contribution < -0.4 is 0 Å². The molecule has 1 rings (SSSR count). The van der Waals surface area contributed by atoms with Crippen LogP contribution in [-0.4, -0.2) is 27.2 Å². The zero-order valence-electron chi connectivity index (χ0n) is 9.72. The monoisotopic (exact) mass is 270 g/mol. The summed E-state index contributed by atoms with van der Waals surface area (Å²) in [7, 11) is 1.55. The van der Waals surface area contributed by atoms with Crippen LogP contribution in [0.5, 0.6) is 0 Å². The van der Waals surface area contributed by atoms with E-state index in [1.165, 1.54) is 4.68 Å². The molecule has 0 aliphatic heterocycles. The van der Waals surface area contributed by atoms with Gasteiger partial charge in [-0.3, -0.25) is 4.68 Å². The molecule has 0 saturated carbocycles. The number of aliphatic hydroxyl groups is 1. The maximum atomic E-state index is 12.3. The molecule has 0 radical (unpaired) electrons. The number of hydrogen-bond acceptors (Lipinski definition) is 2. The first kappa shape index (κ1) is 14.3. The molecule has 1 N–H and O–H groups in total. The molecule has 1 unspecified atom stereocenters. The Morgan fingerprint density at radius 3 is 2.35 bits per heavy atom. The first-order valence-electron chi connectivity index (χ1n) is 5.10. The summed E-state index contributed by atoms with van der Waals surface area (Å²) in [6, 6.07) is 0. The van der Waals surface area contributed by atoms with Crippen LogP contribution >= 0.6 is 11.6 Å². The van der Waals surface area contributed by atoms with Crippen molar-refractivity contribution in [1.29, 1.82) is 0 Å². The number of aliphatic hydroxyl groups excluding tert-OH is 1. The standard InChI is InChI=1S/C10H14ClF3N2O/c1-5(2)8-6(9(11)16(3)15-8)4-7(17)10(12,13)14/h5,7,17H,4H2,1-3H3. The topological polar surface area (TPSA) is 38.0 Å². The van der Waals surface area contributed by atoms with E-state index in [1.54, 1.807) is 7.05 Å². The van der Waals surface area contributed by atoms with Crippen molar-refractivity contribution in [3.63, 3.8) is 0 Å². The molecule has 1 heterocycles. The zero-order valence-corrected chi connectivity index (χ0v) is 10.5. The first-order chi connectivity index (χ1) is 7.64. The van der Waals surface area contributed by atoms with E-state index in [0.29, 0.717) is 5.69 Å². The van der Waals surface area contributed by atoms with E-state index in [1.807, 2.05) is 13.8 Å². The predicted molar refractivity (Wildman–Crippen MR) is 58.1 cm³/mol. The molecule has 17 heavy (non-hydrogen) atoms. The van der Waals surface area contributed by atoms with Crippen LogP contribution in [0, 0.1) is 0 Å². The van der Waals surface area contributed by atoms with Crippen LogP contribution in [0.15, 0.2) is 0 Å². The number of aromatic nitrogens is 2. The highest BCUT2D eigenvalue weighted by molar-refractivity contribution is 6.30. The lowest BCUT2D eigenvalue weighted by Crippen LogP contribution is -2.30. The molecule has 3 nitrogen and oxygen atoms in total. The minimum absolute atomic E-state index is 0.0517. The Balaban J connectivity index is 3.05. The SMILES string of the molecule is CC(C)c1nn(C)c(Cl)c1CC(O)C(F)(F)F. The Bertz CT molecular complexity index is 401. The van der Waals surface area contributed by atoms with Crippen LogP contribution in [0.25, 0.3) is 0 Å². The average molecular weight is 271 g/mol. The van der Waals surface area contributed by atoms with Crippen molar-refractivity contribution in [2.75, 3.05) is 0 Å². The van der Waals surface area contributed by atoms with Gasteiger partial charge in [0.05, 0.1) is 5.69 Å². The lowest BCUT2D eigenvalue weighted by molar-refractivity contribution is -0.203. The zero-order chi connectivity index (χ0) is 13.4. The maximum absolute atomic E-state index is 12.3. The fraction of sp³-hybridized carbons (Fsp3) is 0.700. The highest BCUT2D eigenvalue weighted by Gasteiger charge is 2.39. The molecule has 0 saturated heterocycles. The van der Waals surface area contributed by atoms with Gasteiger partial charge in [0, 0.05) is 19.0 Å². The van der Waals surface area contributed by atoms with Gasteiger partial charge in [0.25, 0.3) is 0 Å². The maximum Gasteiger partial charge on any atom is 0.414 e. The van der Waals surface area contributed by atoms with E-state index >= 15 is 0 Å². The van der Waals surface area contributed by atoms with Gasteiger partial charge in [-0.2, -0.15) is 18.3 Å². The van der Waals surface area contributed by atoms with E-state index in [4.69, 9.17) is 16.7 Å². The molecule has 1 aromatic heterocycles. The summed E-state index contributed by atoms with van der Waals surface area (Å²) in [5.41, 5.74) is 0.745. The smallest absolute Gasteiger partial charge is 0.383 e. The Kier molecular flexibility index (Phi) is 4.09. The Labute approximate surface area is 102 Å². The van der Waals surface area contributed by atoms with Crippen LogP contribution in [0.1, 0.15) is 31.0 Å². The molecule has 0 amide bonds. The van der Waals surface area contributed by atoms with Gasteiger partial charge in [-0.05, 0) is 5.92 Å². The van der Waals surface area contributed by atoms with Gasteiger partial charge < -0.3 is 5.11 Å². The third-order valence-corrected chi connectivity index (χ3v) is 2.89. The van der Waals surface area contributed by atoms with Crippen LogP contribution in [0.3, 0.4) is 0 Å². The largest absolute Gasteiger partial charge is 0.414 e. The lowest BCUT2D eigenvalue weighted by atomic mass is 10.0. The number of nitrogens with zero attached hydrogens (tertiary/aromatic N) is 2. The van der Waals surface area contributed by atoms with E-state index in [2.05, 4.69) is 5.10 Å². The predicted octanol–water partition coefficient (Wildman–Crippen LogP) is 2.66. The number of halogens is 4. The van der Waals surface area contributed by atoms with E-state index in [9.17, 15) is 13.2 Å². The fourth-order valence-corrected chi connectivity index (χ4v) is 1.74. The molecule has 0 aliphatic carbocycles. The summed E-state index contributed by atoms with van der Waals surface area (Å²) in [4.78, 5) is 0. The van der Waals surface area contributed by atoms with Crippen LogP contribution in [0.4, 0.5) is 13.2 Å². The minimum Gasteiger partial charge on any atom is -0.383 e. The number of hydrogen-bond donors (Lipinski definition) is 1. The second kappa shape index (κ2) is 4.86. The van der Waals surface area contributed by atoms with Crippen molar-refractivity contribution in [1.82, 2.24) is 9.78 Å². The minimum atomic E-state index is -4.65. The first-order valence-corrected chi connectivity index (χ1v) is 5.48. The Hall–Kier alpha value is -0.750. The highest BCUT2D eigenvalue weighted by atomic mass is 35.5. The van der Waals surface area contributed by atoms with Gasteiger partial charge in [-0.25, -0.2) is 0 Å². The van der Waals surface area contributed by atoms with Crippen molar-refractivity contribution >= 4 is 11.6 Å². The van der Waals surface area contributed by atoms with Gasteiger partial charge >= 0.3 is 6.18 Å². The molecular formula is C10H14ClF3N2O. The quantitative estimate of drug-likeness (QED) is 0.917. The second-order valence-corrected chi connectivity index (χ2v) is 4.55. The molecule has 1 aromatic rings. The molecule has 0 fully saturated rings. The Morgan fingerprint density at radius 1 is 1.41 bits per heavy atom. The number of alkyl halides is 3. The van der Waals surface area contributed by atoms with Gasteiger partial charge in [0.1, 0.15) is 5.15 Å². The van der Waals surface area contributed by atoms with E-state index in [-0.39, 0.29) is 16.6 Å². The summed E-state index contributed by atoms with van der Waals surface area (Å²) in [5.74, 6) is -0.0517. The van der Waals surface area contributed by atoms with Crippen LogP contribution in [0.2, 0.25) is 5.15 Å². The summed E-state index contributed by atoms with van der Waals surface area (Å²) in [5, 5.41) is 13.2. The lowest BCUT2D eigenvalue weighted by Gasteiger charge is -2.15. The Morgan fingerprint density at radius 2 is 1.94 bits per heavy atom. The molecule has 0 bridgehead atoms. The summed E-state index contributed by atoms with van der Waals surface area (Å²) < 4.78 is 38.2. The van der Waals surface area contributed by atoms with Crippen molar-refractivity contribution in [2.45, 2.75) is 38.5 Å². The fourth-order valence-electron chi connectivity index (χ4n) is 1.53. The van der Waals surface area contributed by atoms with Crippen molar-refractivity contribution < 1.29 is 18.3 Å². The average Bonchev–Trinajstić information content (AvgIpc) is 2.44. The number of aryl methyl sites for hydroxylation is 1. The molecule has 7 heteroatoms. The van der Waals surface area contributed by atoms with Crippen LogP contribution in [-0.2, 0) is 13.5 Å². The van der Waals surface area contributed by atoms with Gasteiger partial charge in [-0.15, -0.1) is 0 Å². The normalized spacial score (nSPS) is 14.4. The van der Waals surface area contributed by atoms with Gasteiger partial charge in [0.2, 0.25) is 0 Å². The van der Waals surface area contributed by atoms with Crippen molar-refractivity contribution in [3.8, 4) is 0 Å². The summed E-state index contributed by atoms with van der Waals surface area (Å²) >= 11 is 5.87. The summed E-state index contributed by atoms with van der Waals surface area (Å²) in [6.07, 6.45) is -7.63. The summed E-state index contributed by atoms with van der Waals surface area (Å²) in [6.45, 7) is 3.62. The third-order valence-electron chi connectivity index (χ3n) is 2.42. The van der Waals surface area contributed by atoms with E-state index < -0.39 is 18.7 Å². The second-order valence-electron chi connectivity index (χ2n) is 4.19. The van der Waals surface area contributed by atoms with Gasteiger partial charge in [-0.1, -0.05) is 25.4 Å². The third kappa shape index (κ3) is 3.13. The molecule has 0 aliphatic rings. The van der Waals surface area contributed by atoms with E-state index in [0.717, 1.165) is 0 Å². The molecule has 0 aromatic carbocycles. The van der Waals surface area contributed by atoms with Crippen molar-refractivity contribution in [3.05, 3.63) is 16.4 Å². The molecule has 98 valence electrons. The van der Waals surface area contributed by atoms with Gasteiger partial charge in [0.15, 0.2) is 6.10 Å². The highest BCUT2D eigenvalue weighted by Crippen LogP contribution is 2.30. The number of rotatable bonds is 3. The van der Waals surface area contributed by atoms with Crippen molar-refractivity contribution in [2.24, 2.45) is 7.05 Å². The molecule has 1 atom stereocenters.